The first kappa shape index (κ1) is 16.9. The number of aromatic amines is 1. The highest BCUT2D eigenvalue weighted by Gasteiger charge is 2.23. The van der Waals surface area contributed by atoms with Gasteiger partial charge < -0.3 is 15.6 Å². The number of H-pyrrole nitrogens is 1. The molecule has 4 rings (SSSR count). The van der Waals surface area contributed by atoms with E-state index in [1.807, 2.05) is 18.2 Å². The van der Waals surface area contributed by atoms with Gasteiger partial charge in [0.05, 0.1) is 0 Å². The fraction of sp³-hybridized carbons (Fsp3) is 0.318. The summed E-state index contributed by atoms with van der Waals surface area (Å²) in [5.41, 5.74) is 9.95. The minimum absolute atomic E-state index is 0.317. The first-order chi connectivity index (χ1) is 12.7. The molecule has 2 heterocycles. The third-order valence-corrected chi connectivity index (χ3v) is 5.63. The highest BCUT2D eigenvalue weighted by atomic mass is 16.1. The van der Waals surface area contributed by atoms with Crippen molar-refractivity contribution in [3.05, 3.63) is 71.4 Å². The summed E-state index contributed by atoms with van der Waals surface area (Å²) in [7, 11) is 0. The van der Waals surface area contributed by atoms with Crippen molar-refractivity contribution in [3.8, 4) is 0 Å². The van der Waals surface area contributed by atoms with Gasteiger partial charge in [-0.15, -0.1) is 0 Å². The molecule has 0 bridgehead atoms. The lowest BCUT2D eigenvalue weighted by Crippen LogP contribution is -2.35. The average Bonchev–Trinajstić information content (AvgIpc) is 3.10. The van der Waals surface area contributed by atoms with E-state index in [1.54, 1.807) is 0 Å². The van der Waals surface area contributed by atoms with Crippen LogP contribution in [0.15, 0.2) is 54.7 Å². The molecule has 0 atom stereocenters. The van der Waals surface area contributed by atoms with Crippen molar-refractivity contribution in [1.29, 1.82) is 0 Å². The number of nitrogens with one attached hydrogen (secondary N) is 1. The Kier molecular flexibility index (Phi) is 4.76. The van der Waals surface area contributed by atoms with Gasteiger partial charge in [-0.1, -0.05) is 36.4 Å². The number of carbonyl (C=O) groups excluding carboxylic acids is 1. The largest absolute Gasteiger partial charge is 0.366 e. The van der Waals surface area contributed by atoms with Crippen LogP contribution in [0.5, 0.6) is 0 Å². The number of carbonyl (C=O) groups is 1. The number of rotatable bonds is 5. The van der Waals surface area contributed by atoms with Crippen LogP contribution in [0.4, 0.5) is 0 Å². The van der Waals surface area contributed by atoms with Crippen molar-refractivity contribution in [2.24, 2.45) is 5.73 Å². The molecule has 1 saturated heterocycles. The molecule has 134 valence electrons. The topological polar surface area (TPSA) is 62.1 Å². The number of aromatic nitrogens is 1. The highest BCUT2D eigenvalue weighted by molar-refractivity contribution is 5.94. The number of likely N-dealkylation sites (tertiary alicyclic amines) is 1. The molecule has 1 aliphatic heterocycles. The van der Waals surface area contributed by atoms with E-state index in [0.29, 0.717) is 11.5 Å². The van der Waals surface area contributed by atoms with E-state index in [4.69, 9.17) is 5.73 Å². The standard InChI is InChI=1S/C22H25N3O/c23-22(26)20-7-2-1-5-18(20)16-9-12-25(13-10-16)14-11-17-15-24-21-8-4-3-6-19(17)21/h1-8,15-16,24H,9-14H2,(H2,23,26). The van der Waals surface area contributed by atoms with Crippen LogP contribution < -0.4 is 5.73 Å². The Morgan fingerprint density at radius 3 is 2.62 bits per heavy atom. The van der Waals surface area contributed by atoms with E-state index < -0.39 is 0 Å². The molecular formula is C22H25N3O. The summed E-state index contributed by atoms with van der Waals surface area (Å²) in [6.45, 7) is 3.21. The van der Waals surface area contributed by atoms with Gasteiger partial charge in [0, 0.05) is 29.2 Å². The maximum Gasteiger partial charge on any atom is 0.248 e. The Morgan fingerprint density at radius 1 is 1.08 bits per heavy atom. The number of amides is 1. The number of primary amides is 1. The molecule has 3 aromatic rings. The molecule has 4 nitrogen and oxygen atoms in total. The Bertz CT molecular complexity index is 906. The number of para-hydroxylation sites is 1. The van der Waals surface area contributed by atoms with Crippen molar-refractivity contribution in [2.45, 2.75) is 25.2 Å². The zero-order valence-electron chi connectivity index (χ0n) is 14.9. The predicted octanol–water partition coefficient (Wildman–Crippen LogP) is 3.69. The van der Waals surface area contributed by atoms with E-state index in [0.717, 1.165) is 44.5 Å². The first-order valence-electron chi connectivity index (χ1n) is 9.38. The first-order valence-corrected chi connectivity index (χ1v) is 9.38. The van der Waals surface area contributed by atoms with Crippen LogP contribution in [-0.2, 0) is 6.42 Å². The fourth-order valence-corrected chi connectivity index (χ4v) is 4.16. The Hall–Kier alpha value is -2.59. The van der Waals surface area contributed by atoms with E-state index in [9.17, 15) is 4.79 Å². The van der Waals surface area contributed by atoms with E-state index in [-0.39, 0.29) is 5.91 Å². The van der Waals surface area contributed by atoms with Gasteiger partial charge in [0.15, 0.2) is 0 Å². The van der Waals surface area contributed by atoms with Crippen molar-refractivity contribution in [3.63, 3.8) is 0 Å². The molecule has 3 N–H and O–H groups in total. The molecule has 1 fully saturated rings. The van der Waals surface area contributed by atoms with Gasteiger partial charge in [0.1, 0.15) is 0 Å². The number of benzene rings is 2. The van der Waals surface area contributed by atoms with Crippen LogP contribution in [0.2, 0.25) is 0 Å². The molecule has 0 spiro atoms. The van der Waals surface area contributed by atoms with Crippen LogP contribution >= 0.6 is 0 Å². The van der Waals surface area contributed by atoms with Gasteiger partial charge in [-0.2, -0.15) is 0 Å². The van der Waals surface area contributed by atoms with Gasteiger partial charge in [-0.25, -0.2) is 0 Å². The van der Waals surface area contributed by atoms with Crippen molar-refractivity contribution < 1.29 is 4.79 Å². The fourth-order valence-electron chi connectivity index (χ4n) is 4.16. The van der Waals surface area contributed by atoms with Crippen LogP contribution in [-0.4, -0.2) is 35.4 Å². The lowest BCUT2D eigenvalue weighted by atomic mass is 9.86. The molecule has 2 aromatic carbocycles. The summed E-state index contributed by atoms with van der Waals surface area (Å²) in [6, 6.07) is 16.3. The number of hydrogen-bond acceptors (Lipinski definition) is 2. The molecule has 1 aromatic heterocycles. The minimum atomic E-state index is -0.317. The molecule has 0 saturated carbocycles. The van der Waals surface area contributed by atoms with Crippen LogP contribution in [0, 0.1) is 0 Å². The van der Waals surface area contributed by atoms with Crippen molar-refractivity contribution in [2.75, 3.05) is 19.6 Å². The summed E-state index contributed by atoms with van der Waals surface area (Å²) in [6.07, 6.45) is 5.36. The van der Waals surface area contributed by atoms with Gasteiger partial charge in [-0.05, 0) is 61.5 Å². The van der Waals surface area contributed by atoms with Gasteiger partial charge in [0.2, 0.25) is 5.91 Å². The molecular weight excluding hydrogens is 322 g/mol. The van der Waals surface area contributed by atoms with Gasteiger partial charge in [-0.3, -0.25) is 4.79 Å². The lowest BCUT2D eigenvalue weighted by molar-refractivity contribution is 0.0998. The Labute approximate surface area is 154 Å². The predicted molar refractivity (Wildman–Crippen MR) is 105 cm³/mol. The maximum atomic E-state index is 11.7. The maximum absolute atomic E-state index is 11.7. The van der Waals surface area contributed by atoms with E-state index >= 15 is 0 Å². The summed E-state index contributed by atoms with van der Waals surface area (Å²) in [4.78, 5) is 17.6. The zero-order chi connectivity index (χ0) is 17.9. The Balaban J connectivity index is 1.36. The molecule has 1 aliphatic rings. The normalized spacial score (nSPS) is 16.2. The number of nitrogens with two attached hydrogens (primary N) is 1. The zero-order valence-corrected chi connectivity index (χ0v) is 14.9. The van der Waals surface area contributed by atoms with Crippen molar-refractivity contribution >= 4 is 16.8 Å². The molecule has 26 heavy (non-hydrogen) atoms. The van der Waals surface area contributed by atoms with Crippen LogP contribution in [0.3, 0.4) is 0 Å². The third-order valence-electron chi connectivity index (χ3n) is 5.63. The third kappa shape index (κ3) is 3.37. The molecule has 0 unspecified atom stereocenters. The molecule has 0 radical (unpaired) electrons. The summed E-state index contributed by atoms with van der Waals surface area (Å²) < 4.78 is 0. The molecule has 0 aliphatic carbocycles. The second-order valence-corrected chi connectivity index (χ2v) is 7.18. The quantitative estimate of drug-likeness (QED) is 0.739. The number of hydrogen-bond donors (Lipinski definition) is 2. The van der Waals surface area contributed by atoms with Gasteiger partial charge >= 0.3 is 0 Å². The lowest BCUT2D eigenvalue weighted by Gasteiger charge is -2.32. The molecule has 4 heteroatoms. The van der Waals surface area contributed by atoms with E-state index in [1.165, 1.54) is 16.5 Å². The summed E-state index contributed by atoms with van der Waals surface area (Å²) >= 11 is 0. The number of fused-ring (bicyclic) bond motifs is 1. The van der Waals surface area contributed by atoms with Gasteiger partial charge in [0.25, 0.3) is 0 Å². The Morgan fingerprint density at radius 2 is 1.81 bits per heavy atom. The second kappa shape index (κ2) is 7.34. The smallest absolute Gasteiger partial charge is 0.248 e. The van der Waals surface area contributed by atoms with Crippen LogP contribution in [0.1, 0.15) is 40.2 Å². The second-order valence-electron chi connectivity index (χ2n) is 7.18. The summed E-state index contributed by atoms with van der Waals surface area (Å²) in [5.74, 6) is 0.116. The van der Waals surface area contributed by atoms with Crippen molar-refractivity contribution in [1.82, 2.24) is 9.88 Å². The number of piperidine rings is 1. The number of nitrogens with zero attached hydrogens (tertiary/aromatic N) is 1. The van der Waals surface area contributed by atoms with Crippen LogP contribution in [0.25, 0.3) is 10.9 Å². The SMILES string of the molecule is NC(=O)c1ccccc1C1CCN(CCc2c[nH]c3ccccc23)CC1. The monoisotopic (exact) mass is 347 g/mol. The summed E-state index contributed by atoms with van der Waals surface area (Å²) in [5, 5.41) is 1.33. The average molecular weight is 347 g/mol. The molecule has 1 amide bonds. The highest BCUT2D eigenvalue weighted by Crippen LogP contribution is 2.30. The minimum Gasteiger partial charge on any atom is -0.366 e. The van der Waals surface area contributed by atoms with E-state index in [2.05, 4.69) is 46.4 Å².